The van der Waals surface area contributed by atoms with E-state index in [-0.39, 0.29) is 11.4 Å². The lowest BCUT2D eigenvalue weighted by molar-refractivity contribution is 0.0593. The number of nitrogen functional groups attached to an aromatic ring is 1. The summed E-state index contributed by atoms with van der Waals surface area (Å²) < 4.78 is 2.71. The van der Waals surface area contributed by atoms with Crippen LogP contribution in [0.5, 0.6) is 0 Å². The molecule has 2 aromatic heterocycles. The highest BCUT2D eigenvalue weighted by Gasteiger charge is 2.44. The standard InChI is InChI=1S/C16H21BrN6O/c1-16(5-3-10-4-7-21(2)15(24)23(10)9-16)14-20-12(17)11-13(18)19-6-8-22(11)14/h6,8,10H,3-5,7,9H2,1-2H3,(H2,18,19)/t10-,16-/m1/s1. The second kappa shape index (κ2) is 5.34. The third kappa shape index (κ3) is 2.19. The van der Waals surface area contributed by atoms with E-state index in [1.165, 1.54) is 0 Å². The highest BCUT2D eigenvalue weighted by Crippen LogP contribution is 2.39. The first kappa shape index (κ1) is 15.7. The van der Waals surface area contributed by atoms with Gasteiger partial charge in [0.1, 0.15) is 15.9 Å². The SMILES string of the molecule is CN1CC[C@H]2CC[C@@](C)(c3nc(Br)c4c(N)nccn34)CN2C1=O. The number of imidazole rings is 1. The summed E-state index contributed by atoms with van der Waals surface area (Å²) in [4.78, 5) is 25.3. The minimum atomic E-state index is -0.215. The molecule has 2 amide bonds. The number of amides is 2. The Morgan fingerprint density at radius 1 is 1.42 bits per heavy atom. The quantitative estimate of drug-likeness (QED) is 0.806. The third-order valence-corrected chi connectivity index (χ3v) is 5.99. The van der Waals surface area contributed by atoms with Crippen molar-refractivity contribution in [1.29, 1.82) is 0 Å². The fourth-order valence-electron chi connectivity index (χ4n) is 4.04. The monoisotopic (exact) mass is 392 g/mol. The van der Waals surface area contributed by atoms with E-state index in [0.29, 0.717) is 23.0 Å². The predicted octanol–water partition coefficient (Wildman–Crippen LogP) is 2.25. The summed E-state index contributed by atoms with van der Waals surface area (Å²) in [6.45, 7) is 3.70. The molecule has 2 fully saturated rings. The maximum Gasteiger partial charge on any atom is 0.320 e. The van der Waals surface area contributed by atoms with Crippen LogP contribution >= 0.6 is 15.9 Å². The summed E-state index contributed by atoms with van der Waals surface area (Å²) in [6.07, 6.45) is 6.62. The molecule has 0 unspecified atom stereocenters. The zero-order valence-electron chi connectivity index (χ0n) is 13.9. The van der Waals surface area contributed by atoms with Crippen LogP contribution in [0.3, 0.4) is 0 Å². The van der Waals surface area contributed by atoms with Gasteiger partial charge in [-0.3, -0.25) is 4.40 Å². The first-order valence-electron chi connectivity index (χ1n) is 8.21. The molecule has 0 aliphatic carbocycles. The van der Waals surface area contributed by atoms with Crippen LogP contribution in [-0.4, -0.2) is 56.4 Å². The fourth-order valence-corrected chi connectivity index (χ4v) is 4.60. The summed E-state index contributed by atoms with van der Waals surface area (Å²) >= 11 is 3.51. The number of anilines is 1. The number of hydrogen-bond donors (Lipinski definition) is 1. The van der Waals surface area contributed by atoms with Gasteiger partial charge in [-0.15, -0.1) is 0 Å². The summed E-state index contributed by atoms with van der Waals surface area (Å²) in [5.74, 6) is 1.38. The Morgan fingerprint density at radius 2 is 2.21 bits per heavy atom. The first-order valence-corrected chi connectivity index (χ1v) is 9.00. The average Bonchev–Trinajstić information content (AvgIpc) is 2.91. The summed E-state index contributed by atoms with van der Waals surface area (Å²) in [5, 5.41) is 0. The molecule has 0 radical (unpaired) electrons. The van der Waals surface area contributed by atoms with Crippen molar-refractivity contribution in [2.45, 2.75) is 37.6 Å². The lowest BCUT2D eigenvalue weighted by Gasteiger charge is -2.48. The Bertz CT molecular complexity index is 820. The van der Waals surface area contributed by atoms with E-state index in [1.54, 1.807) is 6.20 Å². The van der Waals surface area contributed by atoms with E-state index < -0.39 is 0 Å². The molecule has 8 heteroatoms. The Labute approximate surface area is 149 Å². The van der Waals surface area contributed by atoms with E-state index >= 15 is 0 Å². The minimum absolute atomic E-state index is 0.123. The second-order valence-corrected chi connectivity index (χ2v) is 7.88. The van der Waals surface area contributed by atoms with Gasteiger partial charge >= 0.3 is 6.03 Å². The highest BCUT2D eigenvalue weighted by molar-refractivity contribution is 9.10. The van der Waals surface area contributed by atoms with Crippen molar-refractivity contribution in [1.82, 2.24) is 24.2 Å². The Hall–Kier alpha value is -1.83. The molecule has 2 aliphatic heterocycles. The summed E-state index contributed by atoms with van der Waals surface area (Å²) in [6, 6.07) is 0.474. The van der Waals surface area contributed by atoms with Gasteiger partial charge in [0, 0.05) is 44.0 Å². The molecule has 24 heavy (non-hydrogen) atoms. The Morgan fingerprint density at radius 3 is 3.00 bits per heavy atom. The van der Waals surface area contributed by atoms with Gasteiger partial charge in [0.05, 0.1) is 0 Å². The number of hydrogen-bond acceptors (Lipinski definition) is 4. The molecule has 2 aliphatic rings. The molecule has 0 saturated carbocycles. The largest absolute Gasteiger partial charge is 0.382 e. The maximum atomic E-state index is 12.6. The molecule has 0 bridgehead atoms. The normalized spacial score (nSPS) is 27.6. The van der Waals surface area contributed by atoms with Crippen LogP contribution in [-0.2, 0) is 5.41 Å². The lowest BCUT2D eigenvalue weighted by atomic mass is 9.77. The summed E-state index contributed by atoms with van der Waals surface area (Å²) in [5.41, 5.74) is 6.59. The molecule has 2 saturated heterocycles. The highest BCUT2D eigenvalue weighted by atomic mass is 79.9. The number of piperidine rings is 1. The van der Waals surface area contributed by atoms with Crippen molar-refractivity contribution in [3.8, 4) is 0 Å². The molecular weight excluding hydrogens is 372 g/mol. The van der Waals surface area contributed by atoms with Gasteiger partial charge in [-0.05, 0) is 35.2 Å². The number of nitrogens with two attached hydrogens (primary N) is 1. The van der Waals surface area contributed by atoms with E-state index in [4.69, 9.17) is 10.7 Å². The summed E-state index contributed by atoms with van der Waals surface area (Å²) in [7, 11) is 1.87. The van der Waals surface area contributed by atoms with Crippen LogP contribution in [0.2, 0.25) is 0 Å². The van der Waals surface area contributed by atoms with Crippen LogP contribution in [0, 0.1) is 0 Å². The average molecular weight is 393 g/mol. The zero-order chi connectivity index (χ0) is 17.1. The molecule has 2 atom stereocenters. The van der Waals surface area contributed by atoms with Crippen LogP contribution in [0.1, 0.15) is 32.0 Å². The number of carbonyl (C=O) groups excluding carboxylic acids is 1. The molecule has 2 N–H and O–H groups in total. The first-order chi connectivity index (χ1) is 11.4. The van der Waals surface area contributed by atoms with Crippen LogP contribution in [0.25, 0.3) is 5.52 Å². The lowest BCUT2D eigenvalue weighted by Crippen LogP contribution is -2.59. The number of rotatable bonds is 1. The van der Waals surface area contributed by atoms with E-state index in [1.807, 2.05) is 27.4 Å². The van der Waals surface area contributed by atoms with Gasteiger partial charge in [-0.1, -0.05) is 6.92 Å². The van der Waals surface area contributed by atoms with Crippen molar-refractivity contribution in [3.05, 3.63) is 22.8 Å². The zero-order valence-corrected chi connectivity index (χ0v) is 15.5. The van der Waals surface area contributed by atoms with Crippen molar-refractivity contribution >= 4 is 33.3 Å². The van der Waals surface area contributed by atoms with E-state index in [9.17, 15) is 4.79 Å². The topological polar surface area (TPSA) is 79.8 Å². The minimum Gasteiger partial charge on any atom is -0.382 e. The molecule has 4 heterocycles. The van der Waals surface area contributed by atoms with Gasteiger partial charge in [-0.2, -0.15) is 0 Å². The van der Waals surface area contributed by atoms with Gasteiger partial charge in [-0.25, -0.2) is 14.8 Å². The maximum absolute atomic E-state index is 12.6. The van der Waals surface area contributed by atoms with Crippen molar-refractivity contribution < 1.29 is 4.79 Å². The van der Waals surface area contributed by atoms with Gasteiger partial charge in [0.2, 0.25) is 0 Å². The molecule has 2 aromatic rings. The van der Waals surface area contributed by atoms with Gasteiger partial charge in [0.15, 0.2) is 5.82 Å². The van der Waals surface area contributed by atoms with Crippen molar-refractivity contribution in [2.75, 3.05) is 25.9 Å². The molecule has 128 valence electrons. The smallest absolute Gasteiger partial charge is 0.320 e. The van der Waals surface area contributed by atoms with Gasteiger partial charge in [0.25, 0.3) is 0 Å². The Balaban J connectivity index is 1.77. The molecule has 0 aromatic carbocycles. The molecule has 7 nitrogen and oxygen atoms in total. The molecule has 0 spiro atoms. The van der Waals surface area contributed by atoms with Crippen LogP contribution in [0.4, 0.5) is 10.6 Å². The Kier molecular flexibility index (Phi) is 3.49. The fraction of sp³-hybridized carbons (Fsp3) is 0.562. The number of fused-ring (bicyclic) bond motifs is 2. The number of carbonyl (C=O) groups is 1. The molecular formula is C16H21BrN6O. The number of aromatic nitrogens is 3. The second-order valence-electron chi connectivity index (χ2n) is 7.13. The van der Waals surface area contributed by atoms with Crippen molar-refractivity contribution in [2.24, 2.45) is 0 Å². The van der Waals surface area contributed by atoms with Crippen LogP contribution in [0.15, 0.2) is 17.0 Å². The number of urea groups is 1. The van der Waals surface area contributed by atoms with Gasteiger partial charge < -0.3 is 15.5 Å². The third-order valence-electron chi connectivity index (χ3n) is 5.44. The van der Waals surface area contributed by atoms with E-state index in [0.717, 1.165) is 37.1 Å². The van der Waals surface area contributed by atoms with E-state index in [2.05, 4.69) is 27.8 Å². The van der Waals surface area contributed by atoms with Crippen LogP contribution < -0.4 is 5.73 Å². The number of nitrogens with zero attached hydrogens (tertiary/aromatic N) is 5. The van der Waals surface area contributed by atoms with Crippen molar-refractivity contribution in [3.63, 3.8) is 0 Å². The molecule has 4 rings (SSSR count). The number of halogens is 1. The predicted molar refractivity (Wildman–Crippen MR) is 94.8 cm³/mol.